The van der Waals surface area contributed by atoms with Gasteiger partial charge in [0.1, 0.15) is 11.2 Å². The fourth-order valence-corrected chi connectivity index (χ4v) is 4.68. The molecule has 33 heavy (non-hydrogen) atoms. The Morgan fingerprint density at radius 1 is 0.909 bits per heavy atom. The summed E-state index contributed by atoms with van der Waals surface area (Å²) in [6.07, 6.45) is 2.62. The normalized spacial score (nSPS) is 12.1. The Bertz CT molecular complexity index is 1380. The molecule has 8 heteroatoms. The van der Waals surface area contributed by atoms with Crippen molar-refractivity contribution in [1.82, 2.24) is 10.3 Å². The van der Waals surface area contributed by atoms with Crippen LogP contribution in [0.2, 0.25) is 0 Å². The summed E-state index contributed by atoms with van der Waals surface area (Å²) in [5.74, 6) is -0.421. The van der Waals surface area contributed by atoms with E-state index in [1.54, 1.807) is 30.5 Å². The molecular formula is C25H21N3O4S. The Labute approximate surface area is 191 Å². The number of aromatic nitrogens is 1. The Balaban J connectivity index is 1.46. The van der Waals surface area contributed by atoms with Gasteiger partial charge in [-0.15, -0.1) is 0 Å². The molecule has 166 valence electrons. The van der Waals surface area contributed by atoms with Crippen LogP contribution < -0.4 is 10.0 Å². The number of benzene rings is 3. The number of carbonyl (C=O) groups is 2. The van der Waals surface area contributed by atoms with Crippen LogP contribution in [0.3, 0.4) is 0 Å². The molecule has 7 nitrogen and oxygen atoms in total. The summed E-state index contributed by atoms with van der Waals surface area (Å²) in [6, 6.07) is 23.2. The van der Waals surface area contributed by atoms with Gasteiger partial charge >= 0.3 is 0 Å². The van der Waals surface area contributed by atoms with E-state index >= 15 is 0 Å². The molecule has 0 spiro atoms. The lowest BCUT2D eigenvalue weighted by Crippen LogP contribution is -2.37. The van der Waals surface area contributed by atoms with Gasteiger partial charge in [-0.3, -0.25) is 14.5 Å². The van der Waals surface area contributed by atoms with E-state index in [9.17, 15) is 18.0 Å². The van der Waals surface area contributed by atoms with Gasteiger partial charge in [-0.05, 0) is 48.4 Å². The van der Waals surface area contributed by atoms with Gasteiger partial charge in [0.2, 0.25) is 0 Å². The van der Waals surface area contributed by atoms with Crippen molar-refractivity contribution in [2.45, 2.75) is 17.4 Å². The molecule has 0 unspecified atom stereocenters. The number of aldehydes is 1. The summed E-state index contributed by atoms with van der Waals surface area (Å²) in [5.41, 5.74) is 1.92. The van der Waals surface area contributed by atoms with Crippen LogP contribution >= 0.6 is 0 Å². The first-order valence-electron chi connectivity index (χ1n) is 10.2. The molecule has 3 aromatic carbocycles. The molecule has 0 radical (unpaired) electrons. The predicted octanol–water partition coefficient (Wildman–Crippen LogP) is 3.58. The molecule has 4 rings (SSSR count). The summed E-state index contributed by atoms with van der Waals surface area (Å²) in [7, 11) is -3.89. The van der Waals surface area contributed by atoms with Crippen molar-refractivity contribution in [1.29, 1.82) is 0 Å². The summed E-state index contributed by atoms with van der Waals surface area (Å²) in [5, 5.41) is 3.41. The van der Waals surface area contributed by atoms with E-state index in [0.717, 1.165) is 5.56 Å². The zero-order valence-electron chi connectivity index (χ0n) is 17.5. The number of hydrogen-bond acceptors (Lipinski definition) is 5. The molecule has 1 amide bonds. The zero-order chi connectivity index (χ0) is 23.3. The number of nitrogens with zero attached hydrogens (tertiary/aromatic N) is 1. The number of hydrogen-bond donors (Lipinski definition) is 2. The van der Waals surface area contributed by atoms with E-state index in [0.29, 0.717) is 34.9 Å². The fourth-order valence-electron chi connectivity index (χ4n) is 3.45. The molecule has 0 saturated heterocycles. The van der Waals surface area contributed by atoms with Crippen molar-refractivity contribution < 1.29 is 18.0 Å². The molecule has 0 aliphatic heterocycles. The number of pyridine rings is 1. The second-order valence-corrected chi connectivity index (χ2v) is 9.07. The molecular weight excluding hydrogens is 438 g/mol. The smallest absolute Gasteiger partial charge is 0.264 e. The monoisotopic (exact) mass is 459 g/mol. The Kier molecular flexibility index (Phi) is 6.46. The van der Waals surface area contributed by atoms with Gasteiger partial charge < -0.3 is 10.1 Å². The highest BCUT2D eigenvalue weighted by atomic mass is 32.2. The van der Waals surface area contributed by atoms with Crippen molar-refractivity contribution in [3.8, 4) is 0 Å². The van der Waals surface area contributed by atoms with E-state index in [1.165, 1.54) is 30.3 Å². The molecule has 1 atom stereocenters. The molecule has 1 heterocycles. The molecule has 0 saturated carbocycles. The van der Waals surface area contributed by atoms with E-state index in [2.05, 4.69) is 15.0 Å². The SMILES string of the molecule is O=C[C@H](Cc1ccccc1)NC(=O)c1ccc(NS(=O)(=O)c2cccc3cccnc23)cc1. The highest BCUT2D eigenvalue weighted by Gasteiger charge is 2.19. The molecule has 0 fully saturated rings. The highest BCUT2D eigenvalue weighted by Crippen LogP contribution is 2.23. The third-order valence-corrected chi connectivity index (χ3v) is 6.48. The van der Waals surface area contributed by atoms with Crippen LogP contribution in [0.5, 0.6) is 0 Å². The minimum Gasteiger partial charge on any atom is -0.342 e. The topological polar surface area (TPSA) is 105 Å². The minimum atomic E-state index is -3.89. The van der Waals surface area contributed by atoms with Gasteiger partial charge in [0, 0.05) is 22.8 Å². The molecule has 0 aliphatic rings. The van der Waals surface area contributed by atoms with Crippen LogP contribution in [0, 0.1) is 0 Å². The van der Waals surface area contributed by atoms with Gasteiger partial charge in [0.15, 0.2) is 0 Å². The molecule has 1 aromatic heterocycles. The molecule has 0 aliphatic carbocycles. The number of anilines is 1. The number of amides is 1. The highest BCUT2D eigenvalue weighted by molar-refractivity contribution is 7.93. The maximum absolute atomic E-state index is 12.9. The first-order chi connectivity index (χ1) is 16.0. The third kappa shape index (κ3) is 5.24. The quantitative estimate of drug-likeness (QED) is 0.392. The average molecular weight is 460 g/mol. The number of para-hydroxylation sites is 1. The zero-order valence-corrected chi connectivity index (χ0v) is 18.3. The predicted molar refractivity (Wildman–Crippen MR) is 126 cm³/mol. The number of fused-ring (bicyclic) bond motifs is 1. The van der Waals surface area contributed by atoms with Crippen molar-refractivity contribution >= 4 is 38.8 Å². The number of rotatable bonds is 8. The molecule has 0 bridgehead atoms. The van der Waals surface area contributed by atoms with E-state index in [-0.39, 0.29) is 4.90 Å². The van der Waals surface area contributed by atoms with Gasteiger partial charge in [-0.1, -0.05) is 48.5 Å². The van der Waals surface area contributed by atoms with Crippen LogP contribution in [0.4, 0.5) is 5.69 Å². The lowest BCUT2D eigenvalue weighted by Gasteiger charge is -2.14. The fraction of sp³-hybridized carbons (Fsp3) is 0.0800. The van der Waals surface area contributed by atoms with Crippen LogP contribution in [0.1, 0.15) is 15.9 Å². The van der Waals surface area contributed by atoms with Crippen LogP contribution in [0.15, 0.2) is 96.0 Å². The average Bonchev–Trinajstić information content (AvgIpc) is 2.84. The summed E-state index contributed by atoms with van der Waals surface area (Å²) < 4.78 is 28.4. The Morgan fingerprint density at radius 3 is 2.36 bits per heavy atom. The molecule has 4 aromatic rings. The third-order valence-electron chi connectivity index (χ3n) is 5.06. The van der Waals surface area contributed by atoms with Gasteiger partial charge in [0.25, 0.3) is 15.9 Å². The van der Waals surface area contributed by atoms with Gasteiger partial charge in [-0.2, -0.15) is 0 Å². The number of sulfonamides is 1. The van der Waals surface area contributed by atoms with Gasteiger partial charge in [-0.25, -0.2) is 8.42 Å². The summed E-state index contributed by atoms with van der Waals surface area (Å²) in [6.45, 7) is 0. The molecule has 2 N–H and O–H groups in total. The van der Waals surface area contributed by atoms with Gasteiger partial charge in [0.05, 0.1) is 11.6 Å². The van der Waals surface area contributed by atoms with E-state index in [1.807, 2.05) is 30.3 Å². The second kappa shape index (κ2) is 9.62. The second-order valence-electron chi connectivity index (χ2n) is 7.42. The maximum atomic E-state index is 12.9. The largest absolute Gasteiger partial charge is 0.342 e. The van der Waals surface area contributed by atoms with Crippen molar-refractivity contribution in [3.05, 3.63) is 102 Å². The minimum absolute atomic E-state index is 0.0668. The van der Waals surface area contributed by atoms with Crippen molar-refractivity contribution in [3.63, 3.8) is 0 Å². The number of carbonyl (C=O) groups excluding carboxylic acids is 2. The standard InChI is InChI=1S/C25H21N3O4S/c29-17-22(16-18-6-2-1-3-7-18)27-25(30)20-11-13-21(14-12-20)28-33(31,32)23-10-4-8-19-9-5-15-26-24(19)23/h1-15,17,22,28H,16H2,(H,27,30)/t22-/m0/s1. The van der Waals surface area contributed by atoms with Crippen LogP contribution in [0.25, 0.3) is 10.9 Å². The lowest BCUT2D eigenvalue weighted by atomic mass is 10.1. The number of nitrogens with one attached hydrogen (secondary N) is 2. The summed E-state index contributed by atoms with van der Waals surface area (Å²) >= 11 is 0. The summed E-state index contributed by atoms with van der Waals surface area (Å²) in [4.78, 5) is 28.2. The maximum Gasteiger partial charge on any atom is 0.264 e. The Hall–Kier alpha value is -4.04. The van der Waals surface area contributed by atoms with E-state index in [4.69, 9.17) is 0 Å². The van der Waals surface area contributed by atoms with E-state index < -0.39 is 22.0 Å². The first kappa shape index (κ1) is 22.2. The first-order valence-corrected chi connectivity index (χ1v) is 11.7. The van der Waals surface area contributed by atoms with Crippen LogP contribution in [-0.2, 0) is 21.2 Å². The Morgan fingerprint density at radius 2 is 1.64 bits per heavy atom. The van der Waals surface area contributed by atoms with Crippen LogP contribution in [-0.4, -0.2) is 31.6 Å². The van der Waals surface area contributed by atoms with Crippen molar-refractivity contribution in [2.75, 3.05) is 4.72 Å². The lowest BCUT2D eigenvalue weighted by molar-refractivity contribution is -0.109. The van der Waals surface area contributed by atoms with Crippen molar-refractivity contribution in [2.24, 2.45) is 0 Å².